The second kappa shape index (κ2) is 4.59. The molecule has 0 aliphatic rings. The van der Waals surface area contributed by atoms with Gasteiger partial charge < -0.3 is 0 Å². The molecule has 0 atom stereocenters. The van der Waals surface area contributed by atoms with E-state index in [4.69, 9.17) is 5.26 Å². The first-order chi connectivity index (χ1) is 7.85. The minimum absolute atomic E-state index is 0.390. The van der Waals surface area contributed by atoms with Crippen LogP contribution in [0.1, 0.15) is 10.5 Å². The van der Waals surface area contributed by atoms with E-state index < -0.39 is 0 Å². The van der Waals surface area contributed by atoms with Crippen molar-refractivity contribution in [1.29, 1.82) is 5.26 Å². The summed E-state index contributed by atoms with van der Waals surface area (Å²) in [6.45, 7) is 0. The lowest BCUT2D eigenvalue weighted by atomic mass is 10.3. The summed E-state index contributed by atoms with van der Waals surface area (Å²) in [5.41, 5.74) is 1.13. The molecule has 16 heavy (non-hydrogen) atoms. The maximum atomic E-state index is 10.7. The normalized spacial score (nSPS) is 9.69. The highest BCUT2D eigenvalue weighted by Gasteiger charge is 2.04. The van der Waals surface area contributed by atoms with E-state index in [1.54, 1.807) is 24.3 Å². The topological polar surface area (TPSA) is 71.6 Å². The summed E-state index contributed by atoms with van der Waals surface area (Å²) >= 11 is 1.08. The SMILES string of the molecule is N#CSc1ccc(-n2nncc2C=O)cc1. The summed E-state index contributed by atoms with van der Waals surface area (Å²) in [6.07, 6.45) is 2.09. The van der Waals surface area contributed by atoms with Gasteiger partial charge in [0.1, 0.15) is 11.1 Å². The van der Waals surface area contributed by atoms with Gasteiger partial charge in [0, 0.05) is 4.90 Å². The molecule has 1 heterocycles. The number of hydrogen-bond acceptors (Lipinski definition) is 5. The first-order valence-electron chi connectivity index (χ1n) is 4.37. The van der Waals surface area contributed by atoms with E-state index in [1.165, 1.54) is 10.9 Å². The van der Waals surface area contributed by atoms with Crippen LogP contribution in [-0.2, 0) is 0 Å². The van der Waals surface area contributed by atoms with Gasteiger partial charge in [-0.3, -0.25) is 4.79 Å². The van der Waals surface area contributed by atoms with E-state index in [9.17, 15) is 4.79 Å². The van der Waals surface area contributed by atoms with Gasteiger partial charge in [-0.1, -0.05) is 5.21 Å². The van der Waals surface area contributed by atoms with Crippen LogP contribution in [0.5, 0.6) is 0 Å². The van der Waals surface area contributed by atoms with Crippen molar-refractivity contribution in [2.45, 2.75) is 4.90 Å². The van der Waals surface area contributed by atoms with Gasteiger partial charge in [-0.25, -0.2) is 4.68 Å². The van der Waals surface area contributed by atoms with E-state index in [1.807, 2.05) is 5.40 Å². The molecule has 0 radical (unpaired) electrons. The van der Waals surface area contributed by atoms with E-state index in [0.29, 0.717) is 12.0 Å². The molecule has 0 saturated heterocycles. The predicted molar refractivity (Wildman–Crippen MR) is 58.2 cm³/mol. The van der Waals surface area contributed by atoms with E-state index in [-0.39, 0.29) is 0 Å². The molecular formula is C10H6N4OS. The Bertz CT molecular complexity index is 541. The summed E-state index contributed by atoms with van der Waals surface area (Å²) in [5.74, 6) is 0. The Morgan fingerprint density at radius 2 is 2.12 bits per heavy atom. The monoisotopic (exact) mass is 230 g/mol. The molecule has 0 spiro atoms. The molecule has 5 nitrogen and oxygen atoms in total. The first-order valence-corrected chi connectivity index (χ1v) is 5.19. The smallest absolute Gasteiger partial charge is 0.170 e. The molecule has 0 fully saturated rings. The highest BCUT2D eigenvalue weighted by molar-refractivity contribution is 8.03. The number of thiocyanates is 1. The molecular weight excluding hydrogens is 224 g/mol. The highest BCUT2D eigenvalue weighted by Crippen LogP contribution is 2.18. The van der Waals surface area contributed by atoms with Crippen LogP contribution in [0.25, 0.3) is 5.69 Å². The fraction of sp³-hybridized carbons (Fsp3) is 0. The maximum Gasteiger partial charge on any atom is 0.170 e. The van der Waals surface area contributed by atoms with Crippen LogP contribution in [0.3, 0.4) is 0 Å². The van der Waals surface area contributed by atoms with Crippen molar-refractivity contribution in [3.05, 3.63) is 36.2 Å². The molecule has 0 aliphatic heterocycles. The number of carbonyl (C=O) groups is 1. The van der Waals surface area contributed by atoms with Gasteiger partial charge in [-0.2, -0.15) is 5.26 Å². The van der Waals surface area contributed by atoms with Gasteiger partial charge >= 0.3 is 0 Å². The quantitative estimate of drug-likeness (QED) is 0.455. The van der Waals surface area contributed by atoms with Crippen molar-refractivity contribution in [3.8, 4) is 11.1 Å². The van der Waals surface area contributed by atoms with Crippen molar-refractivity contribution in [3.63, 3.8) is 0 Å². The fourth-order valence-corrected chi connectivity index (χ4v) is 1.61. The Labute approximate surface area is 95.7 Å². The standard InChI is InChI=1S/C10H6N4OS/c11-7-16-10-3-1-8(2-4-10)14-9(6-15)5-12-13-14/h1-6H. The summed E-state index contributed by atoms with van der Waals surface area (Å²) < 4.78 is 1.44. The van der Waals surface area contributed by atoms with E-state index in [0.717, 1.165) is 22.3 Å². The van der Waals surface area contributed by atoms with Crippen LogP contribution in [0, 0.1) is 10.7 Å². The van der Waals surface area contributed by atoms with Crippen LogP contribution in [0.2, 0.25) is 0 Å². The van der Waals surface area contributed by atoms with Crippen molar-refractivity contribution >= 4 is 18.0 Å². The summed E-state index contributed by atoms with van der Waals surface area (Å²) in [4.78, 5) is 11.5. The van der Waals surface area contributed by atoms with Gasteiger partial charge in [-0.15, -0.1) is 5.10 Å². The fourth-order valence-electron chi connectivity index (χ4n) is 1.23. The van der Waals surface area contributed by atoms with Gasteiger partial charge in [0.2, 0.25) is 0 Å². The molecule has 1 aromatic carbocycles. The van der Waals surface area contributed by atoms with Crippen molar-refractivity contribution in [1.82, 2.24) is 15.0 Å². The average Bonchev–Trinajstić information content (AvgIpc) is 2.78. The highest BCUT2D eigenvalue weighted by atomic mass is 32.2. The molecule has 0 saturated carbocycles. The van der Waals surface area contributed by atoms with Gasteiger partial charge in [-0.05, 0) is 36.0 Å². The molecule has 0 bridgehead atoms. The lowest BCUT2D eigenvalue weighted by Gasteiger charge is -2.02. The predicted octanol–water partition coefficient (Wildman–Crippen LogP) is 1.65. The summed E-state index contributed by atoms with van der Waals surface area (Å²) in [6, 6.07) is 7.14. The molecule has 6 heteroatoms. The Balaban J connectivity index is 2.35. The zero-order valence-electron chi connectivity index (χ0n) is 8.07. The molecule has 0 N–H and O–H groups in total. The first kappa shape index (κ1) is 10.4. The number of nitrogens with zero attached hydrogens (tertiary/aromatic N) is 4. The molecule has 1 aromatic heterocycles. The number of nitriles is 1. The van der Waals surface area contributed by atoms with Gasteiger partial charge in [0.15, 0.2) is 6.29 Å². The summed E-state index contributed by atoms with van der Waals surface area (Å²) in [5, 5.41) is 17.9. The van der Waals surface area contributed by atoms with Gasteiger partial charge in [0.25, 0.3) is 0 Å². The number of aldehydes is 1. The minimum Gasteiger partial charge on any atom is -0.296 e. The zero-order valence-corrected chi connectivity index (χ0v) is 8.89. The van der Waals surface area contributed by atoms with Crippen molar-refractivity contribution in [2.75, 3.05) is 0 Å². The molecule has 0 aliphatic carbocycles. The third kappa shape index (κ3) is 1.94. The molecule has 2 rings (SSSR count). The Morgan fingerprint density at radius 3 is 2.75 bits per heavy atom. The van der Waals surface area contributed by atoms with Crippen molar-refractivity contribution in [2.24, 2.45) is 0 Å². The summed E-state index contributed by atoms with van der Waals surface area (Å²) in [7, 11) is 0. The van der Waals surface area contributed by atoms with Crippen LogP contribution < -0.4 is 0 Å². The van der Waals surface area contributed by atoms with Crippen LogP contribution in [0.15, 0.2) is 35.4 Å². The van der Waals surface area contributed by atoms with Crippen LogP contribution >= 0.6 is 11.8 Å². The number of thioether (sulfide) groups is 1. The van der Waals surface area contributed by atoms with Crippen LogP contribution in [-0.4, -0.2) is 21.3 Å². The second-order valence-corrected chi connectivity index (χ2v) is 3.73. The third-order valence-corrected chi connectivity index (χ3v) is 2.54. The van der Waals surface area contributed by atoms with Crippen molar-refractivity contribution < 1.29 is 4.79 Å². The average molecular weight is 230 g/mol. The van der Waals surface area contributed by atoms with E-state index in [2.05, 4.69) is 10.3 Å². The molecule has 78 valence electrons. The van der Waals surface area contributed by atoms with E-state index >= 15 is 0 Å². The lowest BCUT2D eigenvalue weighted by Crippen LogP contribution is -2.00. The molecule has 0 unspecified atom stereocenters. The molecule has 0 amide bonds. The molecule has 2 aromatic rings. The van der Waals surface area contributed by atoms with Crippen LogP contribution in [0.4, 0.5) is 0 Å². The zero-order chi connectivity index (χ0) is 11.4. The number of benzene rings is 1. The number of rotatable bonds is 3. The largest absolute Gasteiger partial charge is 0.296 e. The lowest BCUT2D eigenvalue weighted by molar-refractivity contribution is 0.111. The Hall–Kier alpha value is -2.13. The Kier molecular flexibility index (Phi) is 2.98. The third-order valence-electron chi connectivity index (χ3n) is 1.94. The Morgan fingerprint density at radius 1 is 1.38 bits per heavy atom. The number of carbonyl (C=O) groups excluding carboxylic acids is 1. The minimum atomic E-state index is 0.390. The number of hydrogen-bond donors (Lipinski definition) is 0. The van der Waals surface area contributed by atoms with Gasteiger partial charge in [0.05, 0.1) is 11.9 Å². The maximum absolute atomic E-state index is 10.7. The second-order valence-electron chi connectivity index (χ2n) is 2.88. The number of aromatic nitrogens is 3.